The van der Waals surface area contributed by atoms with E-state index in [0.717, 1.165) is 62.0 Å². The number of hydrogen-bond donors (Lipinski definition) is 1. The summed E-state index contributed by atoms with van der Waals surface area (Å²) in [4.78, 5) is 26.8. The molecule has 1 aliphatic heterocycles. The number of hydrogen-bond acceptors (Lipinski definition) is 6. The maximum absolute atomic E-state index is 15.5. The van der Waals surface area contributed by atoms with Gasteiger partial charge in [-0.05, 0) is 92.9 Å². The Bertz CT molecular complexity index is 1130. The Morgan fingerprint density at radius 2 is 2.00 bits per heavy atom. The summed E-state index contributed by atoms with van der Waals surface area (Å²) in [5.74, 6) is 0.999. The van der Waals surface area contributed by atoms with Gasteiger partial charge in [0.2, 0.25) is 0 Å². The number of aromatic nitrogens is 3. The van der Waals surface area contributed by atoms with E-state index in [2.05, 4.69) is 19.9 Å². The predicted molar refractivity (Wildman–Crippen MR) is 137 cm³/mol. The fourth-order valence-corrected chi connectivity index (χ4v) is 5.33. The normalized spacial score (nSPS) is 19.3. The fourth-order valence-electron chi connectivity index (χ4n) is 5.33. The minimum Gasteiger partial charge on any atom is -0.497 e. The van der Waals surface area contributed by atoms with Gasteiger partial charge < -0.3 is 14.7 Å². The van der Waals surface area contributed by atoms with E-state index in [1.165, 1.54) is 0 Å². The van der Waals surface area contributed by atoms with Crippen LogP contribution in [0.4, 0.5) is 4.39 Å². The molecule has 0 amide bonds. The number of carboxylic acid groups (broad SMARTS) is 1. The summed E-state index contributed by atoms with van der Waals surface area (Å²) in [6.45, 7) is 2.62. The maximum atomic E-state index is 15.5. The fraction of sp³-hybridized carbons (Fsp3) is 0.500. The number of likely N-dealkylation sites (tertiary alicyclic amines) is 1. The second-order valence-electron chi connectivity index (χ2n) is 9.66. The lowest BCUT2D eigenvalue weighted by atomic mass is 9.79. The van der Waals surface area contributed by atoms with Gasteiger partial charge in [0.15, 0.2) is 0 Å². The van der Waals surface area contributed by atoms with Crippen molar-refractivity contribution in [2.24, 2.45) is 11.8 Å². The van der Waals surface area contributed by atoms with E-state index in [9.17, 15) is 9.90 Å². The topological polar surface area (TPSA) is 88.4 Å². The lowest BCUT2D eigenvalue weighted by Crippen LogP contribution is -2.41. The molecule has 1 aliphatic rings. The second-order valence-corrected chi connectivity index (χ2v) is 9.66. The van der Waals surface area contributed by atoms with Gasteiger partial charge in [-0.2, -0.15) is 0 Å². The molecule has 3 aromatic rings. The number of carboxylic acids is 1. The molecule has 1 aromatic carbocycles. The van der Waals surface area contributed by atoms with Crippen LogP contribution in [-0.4, -0.2) is 57.7 Å². The van der Waals surface area contributed by atoms with Gasteiger partial charge in [-0.25, -0.2) is 14.4 Å². The molecule has 1 fully saturated rings. The van der Waals surface area contributed by atoms with Crippen molar-refractivity contribution >= 4 is 16.9 Å². The first kappa shape index (κ1) is 25.9. The Hall–Kier alpha value is -3.13. The molecule has 1 N–H and O–H groups in total. The highest BCUT2D eigenvalue weighted by Crippen LogP contribution is 2.36. The molecule has 0 saturated carbocycles. The number of alkyl halides is 1. The Morgan fingerprint density at radius 3 is 2.78 bits per heavy atom. The first-order chi connectivity index (χ1) is 17.5. The lowest BCUT2D eigenvalue weighted by Gasteiger charge is -2.38. The summed E-state index contributed by atoms with van der Waals surface area (Å²) in [5, 5.41) is 10.3. The van der Waals surface area contributed by atoms with Crippen molar-refractivity contribution in [3.05, 3.63) is 60.3 Å². The van der Waals surface area contributed by atoms with Gasteiger partial charge in [-0.15, -0.1) is 0 Å². The van der Waals surface area contributed by atoms with Crippen molar-refractivity contribution in [1.82, 2.24) is 19.9 Å². The molecule has 192 valence electrons. The van der Waals surface area contributed by atoms with Crippen LogP contribution < -0.4 is 4.74 Å². The average Bonchev–Trinajstić information content (AvgIpc) is 2.90. The lowest BCUT2D eigenvalue weighted by molar-refractivity contribution is -0.139. The van der Waals surface area contributed by atoms with E-state index < -0.39 is 12.1 Å². The molecule has 0 unspecified atom stereocenters. The maximum Gasteiger partial charge on any atom is 0.303 e. The molecule has 0 aliphatic carbocycles. The molecule has 3 atom stereocenters. The number of carbonyl (C=O) groups is 1. The van der Waals surface area contributed by atoms with Crippen molar-refractivity contribution in [3.8, 4) is 5.75 Å². The van der Waals surface area contributed by atoms with Crippen molar-refractivity contribution < 1.29 is 19.0 Å². The number of nitrogens with zero attached hydrogens (tertiary/aromatic N) is 4. The van der Waals surface area contributed by atoms with E-state index in [1.807, 2.05) is 24.3 Å². The number of piperidine rings is 1. The molecule has 7 nitrogen and oxygen atoms in total. The summed E-state index contributed by atoms with van der Waals surface area (Å²) in [7, 11) is 1.59. The predicted octanol–water partition coefficient (Wildman–Crippen LogP) is 5.26. The van der Waals surface area contributed by atoms with Crippen molar-refractivity contribution in [2.45, 2.75) is 51.1 Å². The van der Waals surface area contributed by atoms with Crippen LogP contribution in [0.15, 0.2) is 48.9 Å². The SMILES string of the molecule is COc1ccc2nccc([C@H](F)CC[C@@H]3CCN(CCCCc4ncccn4)C[C@@H]3CC(=O)O)c2c1. The number of aryl methyl sites for hydroxylation is 1. The minimum absolute atomic E-state index is 0.0372. The third-order valence-corrected chi connectivity index (χ3v) is 7.27. The van der Waals surface area contributed by atoms with Crippen molar-refractivity contribution in [1.29, 1.82) is 0 Å². The van der Waals surface area contributed by atoms with Gasteiger partial charge in [0.25, 0.3) is 0 Å². The van der Waals surface area contributed by atoms with E-state index in [1.54, 1.807) is 31.8 Å². The third kappa shape index (κ3) is 6.97. The summed E-state index contributed by atoms with van der Waals surface area (Å²) in [5.41, 5.74) is 1.36. The van der Waals surface area contributed by atoms with Crippen LogP contribution >= 0.6 is 0 Å². The highest BCUT2D eigenvalue weighted by molar-refractivity contribution is 5.83. The Labute approximate surface area is 211 Å². The van der Waals surface area contributed by atoms with Crippen molar-refractivity contribution in [2.75, 3.05) is 26.7 Å². The zero-order chi connectivity index (χ0) is 25.3. The van der Waals surface area contributed by atoms with Gasteiger partial charge in [0, 0.05) is 43.4 Å². The molecular formula is C28H35FN4O3. The van der Waals surface area contributed by atoms with Crippen molar-refractivity contribution in [3.63, 3.8) is 0 Å². The van der Waals surface area contributed by atoms with E-state index in [0.29, 0.717) is 24.2 Å². The minimum atomic E-state index is -1.13. The second kappa shape index (κ2) is 12.7. The molecule has 4 rings (SSSR count). The highest BCUT2D eigenvalue weighted by Gasteiger charge is 2.31. The number of rotatable bonds is 12. The molecule has 0 bridgehead atoms. The molecular weight excluding hydrogens is 459 g/mol. The summed E-state index contributed by atoms with van der Waals surface area (Å²) >= 11 is 0. The first-order valence-electron chi connectivity index (χ1n) is 12.8. The summed E-state index contributed by atoms with van der Waals surface area (Å²) in [6, 6.07) is 9.06. The van der Waals surface area contributed by atoms with Crippen LogP contribution in [0.5, 0.6) is 5.75 Å². The molecule has 2 aromatic heterocycles. The number of methoxy groups -OCH3 is 1. The number of unbranched alkanes of at least 4 members (excludes halogenated alkanes) is 1. The van der Waals surface area contributed by atoms with Gasteiger partial charge in [-0.3, -0.25) is 9.78 Å². The average molecular weight is 495 g/mol. The Morgan fingerprint density at radius 1 is 1.17 bits per heavy atom. The van der Waals surface area contributed by atoms with Gasteiger partial charge >= 0.3 is 5.97 Å². The zero-order valence-corrected chi connectivity index (χ0v) is 20.9. The Kier molecular flexibility index (Phi) is 9.17. The smallest absolute Gasteiger partial charge is 0.303 e. The summed E-state index contributed by atoms with van der Waals surface area (Å²) < 4.78 is 20.8. The molecule has 3 heterocycles. The number of aliphatic carboxylic acids is 1. The van der Waals surface area contributed by atoms with Gasteiger partial charge in [0.1, 0.15) is 17.7 Å². The van der Waals surface area contributed by atoms with E-state index >= 15 is 4.39 Å². The van der Waals surface area contributed by atoms with Crippen LogP contribution in [0.1, 0.15) is 56.1 Å². The Balaban J connectivity index is 1.31. The largest absolute Gasteiger partial charge is 0.497 e. The molecule has 36 heavy (non-hydrogen) atoms. The molecule has 1 saturated heterocycles. The van der Waals surface area contributed by atoms with Crippen LogP contribution in [-0.2, 0) is 11.2 Å². The number of halogens is 1. The number of benzene rings is 1. The molecule has 0 radical (unpaired) electrons. The highest BCUT2D eigenvalue weighted by atomic mass is 19.1. The number of fused-ring (bicyclic) bond motifs is 1. The van der Waals surface area contributed by atoms with Crippen LogP contribution in [0, 0.1) is 11.8 Å². The standard InChI is InChI=1S/C28H35FN4O3/c1-36-22-7-9-26-24(18-22)23(10-14-30-26)25(29)8-6-20-11-16-33(19-21(20)17-28(34)35)15-3-2-5-27-31-12-4-13-32-27/h4,7,9-10,12-14,18,20-21,25H,2-3,5-6,8,11,15-17,19H2,1H3,(H,34,35)/t20-,21+,25-/m1/s1. The monoisotopic (exact) mass is 494 g/mol. The van der Waals surface area contributed by atoms with Crippen LogP contribution in [0.2, 0.25) is 0 Å². The zero-order valence-electron chi connectivity index (χ0n) is 20.9. The molecule has 0 spiro atoms. The third-order valence-electron chi connectivity index (χ3n) is 7.27. The van der Waals surface area contributed by atoms with Crippen LogP contribution in [0.25, 0.3) is 10.9 Å². The summed E-state index contributed by atoms with van der Waals surface area (Å²) in [6.07, 6.45) is 8.99. The van der Waals surface area contributed by atoms with E-state index in [4.69, 9.17) is 4.74 Å². The first-order valence-corrected chi connectivity index (χ1v) is 12.8. The van der Waals surface area contributed by atoms with E-state index in [-0.39, 0.29) is 18.3 Å². The quantitative estimate of drug-likeness (QED) is 0.344. The van der Waals surface area contributed by atoms with Gasteiger partial charge in [0.05, 0.1) is 12.6 Å². The van der Waals surface area contributed by atoms with Gasteiger partial charge in [-0.1, -0.05) is 0 Å². The number of pyridine rings is 1. The molecule has 8 heteroatoms. The number of ether oxygens (including phenoxy) is 1. The van der Waals surface area contributed by atoms with Crippen LogP contribution in [0.3, 0.4) is 0 Å².